The number of nitrogens with zero attached hydrogens (tertiary/aromatic N) is 3. The Labute approximate surface area is 190 Å². The van der Waals surface area contributed by atoms with Gasteiger partial charge in [0.1, 0.15) is 17.6 Å². The fourth-order valence-electron chi connectivity index (χ4n) is 4.69. The summed E-state index contributed by atoms with van der Waals surface area (Å²) in [7, 11) is 6.44. The van der Waals surface area contributed by atoms with E-state index >= 15 is 0 Å². The van der Waals surface area contributed by atoms with E-state index in [1.54, 1.807) is 21.3 Å². The van der Waals surface area contributed by atoms with Gasteiger partial charge in [0.25, 0.3) is 5.56 Å². The summed E-state index contributed by atoms with van der Waals surface area (Å²) in [6.07, 6.45) is -0.457. The van der Waals surface area contributed by atoms with Gasteiger partial charge in [0.2, 0.25) is 0 Å². The molecule has 0 saturated carbocycles. The second-order valence-corrected chi connectivity index (χ2v) is 8.07. The van der Waals surface area contributed by atoms with Crippen LogP contribution < -0.4 is 20.7 Å². The molecule has 0 saturated heterocycles. The molecule has 0 spiro atoms. The van der Waals surface area contributed by atoms with E-state index in [-0.39, 0.29) is 11.2 Å². The first kappa shape index (κ1) is 21.1. The molecule has 1 unspecified atom stereocenters. The van der Waals surface area contributed by atoms with E-state index in [0.29, 0.717) is 29.8 Å². The molecular formula is C25H25N3O5. The normalized spacial score (nSPS) is 15.5. The third-order valence-electron chi connectivity index (χ3n) is 6.31. The maximum absolute atomic E-state index is 13.4. The second-order valence-electron chi connectivity index (χ2n) is 8.07. The fraction of sp³-hybridized carbons (Fsp3) is 0.280. The van der Waals surface area contributed by atoms with Crippen molar-refractivity contribution in [3.63, 3.8) is 0 Å². The van der Waals surface area contributed by atoms with Crippen molar-refractivity contribution in [3.8, 4) is 22.8 Å². The Kier molecular flexibility index (Phi) is 5.09. The maximum atomic E-state index is 13.4. The number of hydrogen-bond acceptors (Lipinski definition) is 5. The molecule has 2 aromatic heterocycles. The van der Waals surface area contributed by atoms with E-state index < -0.39 is 6.10 Å². The van der Waals surface area contributed by atoms with Crippen LogP contribution in [-0.2, 0) is 25.4 Å². The minimum Gasteiger partial charge on any atom is -0.497 e. The highest BCUT2D eigenvalue weighted by Gasteiger charge is 2.33. The van der Waals surface area contributed by atoms with Crippen molar-refractivity contribution in [1.82, 2.24) is 13.7 Å². The SMILES string of the molecule is COc1ccc(-c2c3c(=O)n(C)c(=O)n(C)c3c3n2CCOC3c2cccc(OC)c2)cc1. The van der Waals surface area contributed by atoms with Crippen LogP contribution in [0.4, 0.5) is 0 Å². The molecule has 170 valence electrons. The summed E-state index contributed by atoms with van der Waals surface area (Å²) < 4.78 is 21.8. The van der Waals surface area contributed by atoms with E-state index in [1.807, 2.05) is 48.5 Å². The summed E-state index contributed by atoms with van der Waals surface area (Å²) in [6.45, 7) is 1.02. The molecule has 0 aliphatic carbocycles. The quantitative estimate of drug-likeness (QED) is 0.481. The molecule has 0 radical (unpaired) electrons. The molecule has 5 rings (SSSR count). The Hall–Kier alpha value is -3.78. The van der Waals surface area contributed by atoms with Crippen molar-refractivity contribution < 1.29 is 14.2 Å². The first-order valence-corrected chi connectivity index (χ1v) is 10.7. The minimum atomic E-state index is -0.457. The van der Waals surface area contributed by atoms with Crippen LogP contribution in [0.2, 0.25) is 0 Å². The van der Waals surface area contributed by atoms with Crippen LogP contribution in [0.15, 0.2) is 58.1 Å². The van der Waals surface area contributed by atoms with Gasteiger partial charge in [0, 0.05) is 20.6 Å². The molecule has 8 nitrogen and oxygen atoms in total. The number of fused-ring (bicyclic) bond motifs is 3. The van der Waals surface area contributed by atoms with Crippen molar-refractivity contribution >= 4 is 10.9 Å². The van der Waals surface area contributed by atoms with Gasteiger partial charge in [0.15, 0.2) is 0 Å². The Morgan fingerprint density at radius 2 is 1.67 bits per heavy atom. The molecule has 1 aliphatic rings. The number of benzene rings is 2. The Bertz CT molecular complexity index is 1480. The van der Waals surface area contributed by atoms with Crippen LogP contribution in [0.25, 0.3) is 22.2 Å². The van der Waals surface area contributed by atoms with Gasteiger partial charge in [0.05, 0.1) is 43.1 Å². The lowest BCUT2D eigenvalue weighted by atomic mass is 10.0. The molecule has 2 aromatic carbocycles. The molecule has 4 aromatic rings. The van der Waals surface area contributed by atoms with Crippen molar-refractivity contribution in [1.29, 1.82) is 0 Å². The molecule has 3 heterocycles. The van der Waals surface area contributed by atoms with E-state index in [2.05, 4.69) is 4.57 Å². The Balaban J connectivity index is 1.89. The molecule has 1 aliphatic heterocycles. The molecule has 8 heteroatoms. The summed E-state index contributed by atoms with van der Waals surface area (Å²) in [5.41, 5.74) is 3.20. The zero-order valence-electron chi connectivity index (χ0n) is 19.0. The minimum absolute atomic E-state index is 0.329. The standard InChI is InChI=1S/C25H25N3O5/c1-26-21-19(24(29)27(2)25(26)30)20(15-8-10-17(31-3)11-9-15)28-12-13-33-23(22(21)28)16-6-5-7-18(14-16)32-4/h5-11,14,23H,12-13H2,1-4H3. The van der Waals surface area contributed by atoms with Gasteiger partial charge in [-0.1, -0.05) is 12.1 Å². The monoisotopic (exact) mass is 447 g/mol. The number of aromatic nitrogens is 3. The van der Waals surface area contributed by atoms with Crippen molar-refractivity contribution in [3.05, 3.63) is 80.6 Å². The predicted octanol–water partition coefficient (Wildman–Crippen LogP) is 2.84. The van der Waals surface area contributed by atoms with Crippen molar-refractivity contribution in [2.45, 2.75) is 12.6 Å². The van der Waals surface area contributed by atoms with Gasteiger partial charge < -0.3 is 18.8 Å². The van der Waals surface area contributed by atoms with Gasteiger partial charge in [-0.25, -0.2) is 4.79 Å². The molecular weight excluding hydrogens is 422 g/mol. The lowest BCUT2D eigenvalue weighted by Crippen LogP contribution is -2.37. The van der Waals surface area contributed by atoms with E-state index in [1.165, 1.54) is 11.6 Å². The summed E-state index contributed by atoms with van der Waals surface area (Å²) in [5, 5.41) is 0.498. The average molecular weight is 447 g/mol. The number of methoxy groups -OCH3 is 2. The van der Waals surface area contributed by atoms with Gasteiger partial charge >= 0.3 is 5.69 Å². The summed E-state index contributed by atoms with van der Waals surface area (Å²) in [6, 6.07) is 15.3. The molecule has 0 bridgehead atoms. The highest BCUT2D eigenvalue weighted by molar-refractivity contribution is 5.96. The van der Waals surface area contributed by atoms with Crippen LogP contribution in [0.5, 0.6) is 11.5 Å². The second kappa shape index (κ2) is 7.97. The van der Waals surface area contributed by atoms with Gasteiger partial charge in [-0.3, -0.25) is 13.9 Å². The molecule has 0 N–H and O–H groups in total. The van der Waals surface area contributed by atoms with Crippen LogP contribution in [-0.4, -0.2) is 34.5 Å². The lowest BCUT2D eigenvalue weighted by molar-refractivity contribution is 0.0477. The van der Waals surface area contributed by atoms with Gasteiger partial charge in [-0.2, -0.15) is 0 Å². The molecule has 0 amide bonds. The van der Waals surface area contributed by atoms with Crippen LogP contribution in [0.1, 0.15) is 17.4 Å². The zero-order chi connectivity index (χ0) is 23.3. The Morgan fingerprint density at radius 1 is 0.939 bits per heavy atom. The van der Waals surface area contributed by atoms with Gasteiger partial charge in [-0.15, -0.1) is 0 Å². The number of hydrogen-bond donors (Lipinski definition) is 0. The van der Waals surface area contributed by atoms with Crippen molar-refractivity contribution in [2.75, 3.05) is 20.8 Å². The maximum Gasteiger partial charge on any atom is 0.331 e. The summed E-state index contributed by atoms with van der Waals surface area (Å²) in [4.78, 5) is 26.3. The van der Waals surface area contributed by atoms with E-state index in [0.717, 1.165) is 32.8 Å². The van der Waals surface area contributed by atoms with Crippen LogP contribution in [0, 0.1) is 0 Å². The molecule has 33 heavy (non-hydrogen) atoms. The van der Waals surface area contributed by atoms with E-state index in [4.69, 9.17) is 14.2 Å². The number of aryl methyl sites for hydroxylation is 1. The third-order valence-corrected chi connectivity index (χ3v) is 6.31. The topological polar surface area (TPSA) is 76.6 Å². The van der Waals surface area contributed by atoms with Crippen molar-refractivity contribution in [2.24, 2.45) is 14.1 Å². The first-order chi connectivity index (χ1) is 16.0. The summed E-state index contributed by atoms with van der Waals surface area (Å²) >= 11 is 0. The van der Waals surface area contributed by atoms with Crippen LogP contribution in [0.3, 0.4) is 0 Å². The highest BCUT2D eigenvalue weighted by Crippen LogP contribution is 2.41. The fourth-order valence-corrected chi connectivity index (χ4v) is 4.69. The number of ether oxygens (including phenoxy) is 3. The Morgan fingerprint density at radius 3 is 2.36 bits per heavy atom. The lowest BCUT2D eigenvalue weighted by Gasteiger charge is -2.28. The average Bonchev–Trinajstić information content (AvgIpc) is 3.21. The molecule has 0 fully saturated rings. The largest absolute Gasteiger partial charge is 0.497 e. The predicted molar refractivity (Wildman–Crippen MR) is 125 cm³/mol. The molecule has 1 atom stereocenters. The smallest absolute Gasteiger partial charge is 0.331 e. The summed E-state index contributed by atoms with van der Waals surface area (Å²) in [5.74, 6) is 1.44. The zero-order valence-corrected chi connectivity index (χ0v) is 19.0. The van der Waals surface area contributed by atoms with Gasteiger partial charge in [-0.05, 0) is 47.5 Å². The number of rotatable bonds is 4. The van der Waals surface area contributed by atoms with Crippen LogP contribution >= 0.6 is 0 Å². The highest BCUT2D eigenvalue weighted by atomic mass is 16.5. The first-order valence-electron chi connectivity index (χ1n) is 10.7. The third kappa shape index (κ3) is 3.17. The van der Waals surface area contributed by atoms with E-state index in [9.17, 15) is 9.59 Å².